The molecule has 5 atom stereocenters. The number of unbranched alkanes of at least 4 members (excludes halogenated alkanes) is 3. The van der Waals surface area contributed by atoms with Crippen molar-refractivity contribution in [1.82, 2.24) is 4.90 Å². The zero-order valence-electron chi connectivity index (χ0n) is 26.1. The molecule has 2 unspecified atom stereocenters. The highest BCUT2D eigenvalue weighted by Gasteiger charge is 2.78. The third-order valence-electron chi connectivity index (χ3n) is 9.49. The van der Waals surface area contributed by atoms with E-state index in [-0.39, 0.29) is 31.6 Å². The number of esters is 1. The number of anilines is 2. The number of benzene rings is 1. The largest absolute Gasteiger partial charge is 0.465 e. The summed E-state index contributed by atoms with van der Waals surface area (Å²) in [6, 6.07) is 6.96. The maximum absolute atomic E-state index is 14.7. The van der Waals surface area contributed by atoms with Crippen molar-refractivity contribution >= 4 is 29.2 Å². The lowest BCUT2D eigenvalue weighted by Crippen LogP contribution is -2.56. The van der Waals surface area contributed by atoms with Crippen molar-refractivity contribution in [1.29, 1.82) is 0 Å². The third-order valence-corrected chi connectivity index (χ3v) is 9.49. The molecule has 43 heavy (non-hydrogen) atoms. The molecule has 2 bridgehead atoms. The molecule has 236 valence electrons. The van der Waals surface area contributed by atoms with E-state index in [9.17, 15) is 19.5 Å². The van der Waals surface area contributed by atoms with Crippen LogP contribution in [-0.4, -0.2) is 84.4 Å². The summed E-state index contributed by atoms with van der Waals surface area (Å²) in [5.41, 5.74) is -0.243. The van der Waals surface area contributed by atoms with E-state index >= 15 is 0 Å². The van der Waals surface area contributed by atoms with E-state index in [1.54, 1.807) is 15.9 Å². The minimum Gasteiger partial charge on any atom is -0.465 e. The van der Waals surface area contributed by atoms with Crippen LogP contribution in [0.1, 0.15) is 65.7 Å². The lowest BCUT2D eigenvalue weighted by Gasteiger charge is -2.37. The molecule has 3 heterocycles. The van der Waals surface area contributed by atoms with Crippen molar-refractivity contribution in [3.05, 3.63) is 49.6 Å². The molecule has 3 fully saturated rings. The number of allylic oxidation sites excluding steroid dienone is 1. The van der Waals surface area contributed by atoms with Gasteiger partial charge in [-0.05, 0) is 90.0 Å². The van der Waals surface area contributed by atoms with Crippen LogP contribution in [0.15, 0.2) is 49.6 Å². The molecule has 0 saturated carbocycles. The molecular formula is C34H49N3O6. The highest BCUT2D eigenvalue weighted by molar-refractivity contribution is 6.05. The van der Waals surface area contributed by atoms with Crippen molar-refractivity contribution in [2.75, 3.05) is 49.2 Å². The summed E-state index contributed by atoms with van der Waals surface area (Å²) in [5.74, 6) is -2.51. The van der Waals surface area contributed by atoms with Crippen LogP contribution < -0.4 is 9.80 Å². The number of aliphatic hydroxyl groups is 1. The third kappa shape index (κ3) is 6.11. The van der Waals surface area contributed by atoms with Crippen molar-refractivity contribution in [2.24, 2.45) is 11.8 Å². The Morgan fingerprint density at radius 2 is 1.77 bits per heavy atom. The van der Waals surface area contributed by atoms with E-state index in [2.05, 4.69) is 31.9 Å². The summed E-state index contributed by atoms with van der Waals surface area (Å²) in [7, 11) is 0. The number of hydrogen-bond donors (Lipinski definition) is 1. The number of aliphatic hydroxyl groups excluding tert-OH is 1. The maximum Gasteiger partial charge on any atom is 0.312 e. The van der Waals surface area contributed by atoms with E-state index < -0.39 is 35.0 Å². The molecule has 0 radical (unpaired) electrons. The first-order valence-electron chi connectivity index (χ1n) is 15.9. The van der Waals surface area contributed by atoms with Crippen LogP contribution in [0.2, 0.25) is 0 Å². The molecule has 9 heteroatoms. The van der Waals surface area contributed by atoms with E-state index in [0.29, 0.717) is 44.3 Å². The molecule has 3 aliphatic rings. The Bertz CT molecular complexity index is 1170. The van der Waals surface area contributed by atoms with Gasteiger partial charge in [0, 0.05) is 44.2 Å². The van der Waals surface area contributed by atoms with Gasteiger partial charge in [-0.3, -0.25) is 14.4 Å². The van der Waals surface area contributed by atoms with Crippen LogP contribution in [0.3, 0.4) is 0 Å². The van der Waals surface area contributed by atoms with Crippen LogP contribution >= 0.6 is 0 Å². The van der Waals surface area contributed by atoms with Crippen molar-refractivity contribution < 1.29 is 29.0 Å². The van der Waals surface area contributed by atoms with E-state index in [0.717, 1.165) is 31.6 Å². The van der Waals surface area contributed by atoms with Gasteiger partial charge >= 0.3 is 5.97 Å². The molecule has 1 aromatic rings. The summed E-state index contributed by atoms with van der Waals surface area (Å²) in [4.78, 5) is 47.9. The molecule has 4 rings (SSSR count). The van der Waals surface area contributed by atoms with Crippen molar-refractivity contribution in [3.8, 4) is 0 Å². The Balaban J connectivity index is 1.67. The van der Waals surface area contributed by atoms with Gasteiger partial charge in [-0.25, -0.2) is 0 Å². The van der Waals surface area contributed by atoms with Crippen LogP contribution in [0.25, 0.3) is 0 Å². The van der Waals surface area contributed by atoms with Crippen LogP contribution in [0, 0.1) is 11.8 Å². The number of ether oxygens (including phenoxy) is 2. The minimum atomic E-state index is -1.13. The first-order chi connectivity index (χ1) is 20.7. The quantitative estimate of drug-likeness (QED) is 0.161. The lowest BCUT2D eigenvalue weighted by molar-refractivity contribution is -0.159. The molecule has 1 spiro atoms. The number of nitrogens with zero attached hydrogens (tertiary/aromatic N) is 3. The number of likely N-dealkylation sites (tertiary alicyclic amines) is 1. The van der Waals surface area contributed by atoms with Crippen LogP contribution in [0.4, 0.5) is 11.4 Å². The summed E-state index contributed by atoms with van der Waals surface area (Å²) in [6.45, 7) is 16.3. The molecule has 0 aliphatic carbocycles. The normalized spacial score (nSPS) is 27.2. The van der Waals surface area contributed by atoms with Gasteiger partial charge in [0.1, 0.15) is 17.6 Å². The molecule has 1 aromatic carbocycles. The Kier molecular flexibility index (Phi) is 10.7. The fraction of sp³-hybridized carbons (Fsp3) is 0.618. The first kappa shape index (κ1) is 32.7. The van der Waals surface area contributed by atoms with Gasteiger partial charge in [0.05, 0.1) is 18.1 Å². The second kappa shape index (κ2) is 14.1. The fourth-order valence-electron chi connectivity index (χ4n) is 7.38. The van der Waals surface area contributed by atoms with E-state index in [1.165, 1.54) is 0 Å². The fourth-order valence-corrected chi connectivity index (χ4v) is 7.38. The van der Waals surface area contributed by atoms with Gasteiger partial charge in [0.2, 0.25) is 5.91 Å². The highest BCUT2D eigenvalue weighted by atomic mass is 16.6. The van der Waals surface area contributed by atoms with Gasteiger partial charge < -0.3 is 29.3 Å². The van der Waals surface area contributed by atoms with E-state index in [1.807, 2.05) is 37.3 Å². The Labute approximate surface area is 256 Å². The summed E-state index contributed by atoms with van der Waals surface area (Å²) in [5, 5.41) is 9.45. The van der Waals surface area contributed by atoms with Crippen molar-refractivity contribution in [3.63, 3.8) is 0 Å². The van der Waals surface area contributed by atoms with E-state index in [4.69, 9.17) is 9.47 Å². The molecule has 2 amide bonds. The summed E-state index contributed by atoms with van der Waals surface area (Å²) >= 11 is 0. The average Bonchev–Trinajstić information content (AvgIpc) is 3.57. The monoisotopic (exact) mass is 595 g/mol. The Morgan fingerprint density at radius 3 is 2.40 bits per heavy atom. The number of carbonyl (C=O) groups is 3. The standard InChI is InChI=1S/C34H49N3O6/c1-6-10-11-14-24-42-32(41)28-27-30(39)37(22-12-13-23-38)29(34(27)20-19-33(28,5)43-34)31(40)36(21-7-2)26-17-15-25(16-18-26)35(8-3)9-4/h6-7,15-18,27-29,38H,1-2,8-14,19-24H2,3-5H3/t27-,28+,29?,33-,34?/m0/s1. The number of amides is 2. The van der Waals surface area contributed by atoms with Crippen molar-refractivity contribution in [2.45, 2.75) is 83.0 Å². The Hall–Kier alpha value is -3.17. The number of rotatable bonds is 17. The molecule has 9 nitrogen and oxygen atoms in total. The first-order valence-corrected chi connectivity index (χ1v) is 15.9. The number of fused-ring (bicyclic) bond motifs is 1. The smallest absolute Gasteiger partial charge is 0.312 e. The maximum atomic E-state index is 14.7. The SMILES string of the molecule is C=CCCCCOC(=O)[C@H]1[C@H]2C(=O)N(CCCCO)C(C(=O)N(CC=C)c3ccc(N(CC)CC)cc3)C23CC[C@]1(C)O3. The molecule has 1 N–H and O–H groups in total. The Morgan fingerprint density at radius 1 is 1.07 bits per heavy atom. The highest BCUT2D eigenvalue weighted by Crippen LogP contribution is 2.63. The van der Waals surface area contributed by atoms with Gasteiger partial charge in [0.15, 0.2) is 0 Å². The summed E-state index contributed by atoms with van der Waals surface area (Å²) < 4.78 is 12.4. The lowest BCUT2D eigenvalue weighted by atomic mass is 9.66. The topological polar surface area (TPSA) is 99.6 Å². The average molecular weight is 596 g/mol. The van der Waals surface area contributed by atoms with Crippen LogP contribution in [0.5, 0.6) is 0 Å². The second-order valence-electron chi connectivity index (χ2n) is 12.1. The van der Waals surface area contributed by atoms with Gasteiger partial charge in [-0.1, -0.05) is 12.2 Å². The van der Waals surface area contributed by atoms with Gasteiger partial charge in [-0.15, -0.1) is 13.2 Å². The second-order valence-corrected chi connectivity index (χ2v) is 12.1. The molecule has 3 saturated heterocycles. The molecular weight excluding hydrogens is 546 g/mol. The molecule has 0 aromatic heterocycles. The minimum absolute atomic E-state index is 0.00787. The number of hydrogen-bond acceptors (Lipinski definition) is 7. The summed E-state index contributed by atoms with van der Waals surface area (Å²) in [6.07, 6.45) is 8.03. The predicted octanol–water partition coefficient (Wildman–Crippen LogP) is 4.49. The van der Waals surface area contributed by atoms with Crippen LogP contribution in [-0.2, 0) is 23.9 Å². The van der Waals surface area contributed by atoms with Gasteiger partial charge in [-0.2, -0.15) is 0 Å². The van der Waals surface area contributed by atoms with Gasteiger partial charge in [0.25, 0.3) is 5.91 Å². The number of carbonyl (C=O) groups excluding carboxylic acids is 3. The zero-order valence-corrected chi connectivity index (χ0v) is 26.1. The zero-order chi connectivity index (χ0) is 31.2. The predicted molar refractivity (Wildman–Crippen MR) is 168 cm³/mol. The molecule has 3 aliphatic heterocycles.